The number of ketones is 1. The van der Waals surface area contributed by atoms with Crippen LogP contribution in [0.15, 0.2) is 11.6 Å². The Morgan fingerprint density at radius 3 is 1.74 bits per heavy atom. The van der Waals surface area contributed by atoms with Crippen LogP contribution in [0.4, 0.5) is 0 Å². The van der Waals surface area contributed by atoms with E-state index in [0.29, 0.717) is 5.92 Å². The molecule has 0 saturated carbocycles. The van der Waals surface area contributed by atoms with Gasteiger partial charge in [0.15, 0.2) is 11.9 Å². The summed E-state index contributed by atoms with van der Waals surface area (Å²) in [5, 5.41) is 37.1. The highest BCUT2D eigenvalue weighted by Gasteiger charge is 2.33. The summed E-state index contributed by atoms with van der Waals surface area (Å²) in [5.41, 5.74) is 1.03. The van der Waals surface area contributed by atoms with E-state index in [1.807, 2.05) is 6.92 Å². The summed E-state index contributed by atoms with van der Waals surface area (Å²) in [6.07, 6.45) is 6.30. The number of carbonyl (C=O) groups excluding carboxylic acids is 1. The van der Waals surface area contributed by atoms with Crippen molar-refractivity contribution in [1.29, 1.82) is 0 Å². The van der Waals surface area contributed by atoms with E-state index in [9.17, 15) is 24.9 Å². The maximum absolute atomic E-state index is 11.9. The fourth-order valence-electron chi connectivity index (χ4n) is 3.71. The van der Waals surface area contributed by atoms with Crippen LogP contribution in [0.3, 0.4) is 0 Å². The van der Waals surface area contributed by atoms with Gasteiger partial charge in [0.05, 0.1) is 0 Å². The monoisotopic (exact) mass is 442 g/mol. The molecule has 0 fully saturated rings. The van der Waals surface area contributed by atoms with Gasteiger partial charge in [-0.1, -0.05) is 84.3 Å². The molecule has 0 heterocycles. The number of aliphatic carboxylic acids is 1. The maximum Gasteiger partial charge on any atom is 0.335 e. The predicted octanol–water partition coefficient (Wildman–Crippen LogP) is 4.50. The van der Waals surface area contributed by atoms with Crippen molar-refractivity contribution >= 4 is 11.8 Å². The molecule has 0 saturated heterocycles. The number of carboxylic acid groups (broad SMARTS) is 1. The maximum atomic E-state index is 11.9. The van der Waals surface area contributed by atoms with Crippen molar-refractivity contribution < 1.29 is 30.0 Å². The van der Waals surface area contributed by atoms with Crippen LogP contribution in [-0.2, 0) is 9.59 Å². The Balaban J connectivity index is 4.05. The minimum absolute atomic E-state index is 0.0966. The van der Waals surface area contributed by atoms with Crippen LogP contribution in [0.1, 0.15) is 98.8 Å². The quantitative estimate of drug-likeness (QED) is 0.232. The zero-order chi connectivity index (χ0) is 24.0. The summed E-state index contributed by atoms with van der Waals surface area (Å²) < 4.78 is 0. The Bertz CT molecular complexity index is 542. The average molecular weight is 443 g/mol. The van der Waals surface area contributed by atoms with E-state index in [1.165, 1.54) is 38.5 Å². The number of Topliss-reactive ketones (excluding diaryl/α,β-unsaturated/α-hetero) is 1. The van der Waals surface area contributed by atoms with E-state index in [4.69, 9.17) is 5.11 Å². The standard InChI is InChI=1S/C25H46O6/c1-17(2)9-6-10-18(3)11-7-12-19(4)13-8-14-20(5)15-16-21(26)22(27)23(28)24(29)25(30)31/h15,17-19,22-24,27-29H,6-14,16H2,1-5H3,(H,30,31)/t18?,19?,22?,23-,24-/m0/s1. The Labute approximate surface area is 188 Å². The van der Waals surface area contributed by atoms with Gasteiger partial charge in [0.2, 0.25) is 0 Å². The van der Waals surface area contributed by atoms with Crippen LogP contribution < -0.4 is 0 Å². The van der Waals surface area contributed by atoms with Crippen LogP contribution >= 0.6 is 0 Å². The number of carbonyl (C=O) groups is 2. The number of hydrogen-bond donors (Lipinski definition) is 4. The first kappa shape index (κ1) is 29.8. The van der Waals surface area contributed by atoms with Crippen molar-refractivity contribution in [1.82, 2.24) is 0 Å². The Kier molecular flexibility index (Phi) is 15.7. The van der Waals surface area contributed by atoms with Gasteiger partial charge in [-0.3, -0.25) is 4.79 Å². The van der Waals surface area contributed by atoms with E-state index in [0.717, 1.165) is 36.7 Å². The van der Waals surface area contributed by atoms with Crippen molar-refractivity contribution in [3.8, 4) is 0 Å². The largest absolute Gasteiger partial charge is 0.479 e. The van der Waals surface area contributed by atoms with Crippen LogP contribution in [0.25, 0.3) is 0 Å². The number of carboxylic acids is 1. The summed E-state index contributed by atoms with van der Waals surface area (Å²) in [7, 11) is 0. The van der Waals surface area contributed by atoms with Crippen LogP contribution in [0, 0.1) is 17.8 Å². The fraction of sp³-hybridized carbons (Fsp3) is 0.840. The van der Waals surface area contributed by atoms with Gasteiger partial charge in [-0.15, -0.1) is 0 Å². The topological polar surface area (TPSA) is 115 Å². The van der Waals surface area contributed by atoms with Crippen LogP contribution in [0.5, 0.6) is 0 Å². The number of aliphatic hydroxyl groups is 3. The number of aliphatic hydroxyl groups excluding tert-OH is 3. The molecule has 0 spiro atoms. The molecule has 4 N–H and O–H groups in total. The Morgan fingerprint density at radius 2 is 1.26 bits per heavy atom. The van der Waals surface area contributed by atoms with Crippen LogP contribution in [-0.4, -0.2) is 50.5 Å². The molecule has 3 unspecified atom stereocenters. The molecule has 6 heteroatoms. The zero-order valence-electron chi connectivity index (χ0n) is 20.2. The number of hydrogen-bond acceptors (Lipinski definition) is 5. The molecule has 0 aromatic carbocycles. The molecule has 6 nitrogen and oxygen atoms in total. The smallest absolute Gasteiger partial charge is 0.335 e. The third kappa shape index (κ3) is 14.4. The van der Waals surface area contributed by atoms with Gasteiger partial charge >= 0.3 is 5.97 Å². The lowest BCUT2D eigenvalue weighted by Crippen LogP contribution is -2.45. The van der Waals surface area contributed by atoms with Crippen LogP contribution in [0.2, 0.25) is 0 Å². The molecular formula is C25H46O6. The van der Waals surface area contributed by atoms with Gasteiger partial charge < -0.3 is 20.4 Å². The van der Waals surface area contributed by atoms with E-state index in [-0.39, 0.29) is 6.42 Å². The Morgan fingerprint density at radius 1 is 0.774 bits per heavy atom. The van der Waals surface area contributed by atoms with Gasteiger partial charge in [0.1, 0.15) is 12.2 Å². The third-order valence-electron chi connectivity index (χ3n) is 6.02. The number of allylic oxidation sites excluding steroid dienone is 2. The lowest BCUT2D eigenvalue weighted by molar-refractivity contribution is -0.160. The highest BCUT2D eigenvalue weighted by atomic mass is 16.4. The molecule has 0 amide bonds. The van der Waals surface area contributed by atoms with Gasteiger partial charge in [-0.25, -0.2) is 4.79 Å². The number of rotatable bonds is 18. The van der Waals surface area contributed by atoms with Crippen molar-refractivity contribution in [3.05, 3.63) is 11.6 Å². The van der Waals surface area contributed by atoms with E-state index in [2.05, 4.69) is 27.7 Å². The second kappa shape index (κ2) is 16.4. The molecule has 0 aromatic rings. The minimum atomic E-state index is -2.19. The molecular weight excluding hydrogens is 396 g/mol. The highest BCUT2D eigenvalue weighted by molar-refractivity contribution is 5.86. The van der Waals surface area contributed by atoms with Crippen molar-refractivity contribution in [3.63, 3.8) is 0 Å². The van der Waals surface area contributed by atoms with E-state index >= 15 is 0 Å². The van der Waals surface area contributed by atoms with Gasteiger partial charge in [0.25, 0.3) is 0 Å². The minimum Gasteiger partial charge on any atom is -0.479 e. The fourth-order valence-corrected chi connectivity index (χ4v) is 3.71. The van der Waals surface area contributed by atoms with Gasteiger partial charge in [-0.05, 0) is 37.5 Å². The predicted molar refractivity (Wildman–Crippen MR) is 124 cm³/mol. The summed E-state index contributed by atoms with van der Waals surface area (Å²) in [6, 6.07) is 0. The molecule has 0 aliphatic heterocycles. The summed E-state index contributed by atoms with van der Waals surface area (Å²) >= 11 is 0. The summed E-state index contributed by atoms with van der Waals surface area (Å²) in [6.45, 7) is 11.1. The first-order chi connectivity index (χ1) is 14.5. The van der Waals surface area contributed by atoms with Gasteiger partial charge in [0, 0.05) is 6.42 Å². The molecule has 0 rings (SSSR count). The third-order valence-corrected chi connectivity index (χ3v) is 6.02. The second-order valence-electron chi connectivity index (χ2n) is 9.80. The molecule has 5 atom stereocenters. The van der Waals surface area contributed by atoms with E-state index in [1.54, 1.807) is 6.08 Å². The molecule has 0 radical (unpaired) electrons. The van der Waals surface area contributed by atoms with Crippen molar-refractivity contribution in [2.24, 2.45) is 17.8 Å². The first-order valence-electron chi connectivity index (χ1n) is 11.9. The molecule has 0 aliphatic carbocycles. The molecule has 31 heavy (non-hydrogen) atoms. The first-order valence-corrected chi connectivity index (χ1v) is 11.9. The average Bonchev–Trinajstić information content (AvgIpc) is 2.69. The lowest BCUT2D eigenvalue weighted by atomic mass is 9.91. The lowest BCUT2D eigenvalue weighted by Gasteiger charge is -2.18. The molecule has 0 aromatic heterocycles. The normalized spacial score (nSPS) is 17.3. The zero-order valence-corrected chi connectivity index (χ0v) is 20.2. The van der Waals surface area contributed by atoms with Crippen molar-refractivity contribution in [2.75, 3.05) is 0 Å². The summed E-state index contributed by atoms with van der Waals surface area (Å²) in [5.74, 6) is -0.112. The van der Waals surface area contributed by atoms with E-state index < -0.39 is 30.1 Å². The van der Waals surface area contributed by atoms with Crippen molar-refractivity contribution in [2.45, 2.75) is 117 Å². The van der Waals surface area contributed by atoms with Gasteiger partial charge in [-0.2, -0.15) is 0 Å². The SMILES string of the molecule is CC(=CCC(=O)C(O)[C@H](O)[C@H](O)C(=O)O)CCCC(C)CCCC(C)CCCC(C)C. The molecule has 0 bridgehead atoms. The molecule has 0 aliphatic rings. The summed E-state index contributed by atoms with van der Waals surface area (Å²) in [4.78, 5) is 22.5. The highest BCUT2D eigenvalue weighted by Crippen LogP contribution is 2.22. The second-order valence-corrected chi connectivity index (χ2v) is 9.80. The molecule has 182 valence electrons. The Hall–Kier alpha value is -1.24.